The van der Waals surface area contributed by atoms with E-state index in [2.05, 4.69) is 4.36 Å². The van der Waals surface area contributed by atoms with Crippen LogP contribution in [-0.4, -0.2) is 10.1 Å². The Balaban J connectivity index is 2.64. The highest BCUT2D eigenvalue weighted by Gasteiger charge is 2.37. The first kappa shape index (κ1) is 13.4. The number of hydrogen-bond acceptors (Lipinski definition) is 2. The van der Waals surface area contributed by atoms with E-state index in [1.165, 1.54) is 0 Å². The zero-order valence-corrected chi connectivity index (χ0v) is 11.3. The largest absolute Gasteiger partial charge is 0.273 e. The first-order chi connectivity index (χ1) is 9.19. The normalized spacial score (nSPS) is 10.8. The van der Waals surface area contributed by atoms with E-state index in [0.717, 1.165) is 11.1 Å². The van der Waals surface area contributed by atoms with E-state index < -0.39 is 11.3 Å². The molecule has 0 saturated heterocycles. The average Bonchev–Trinajstić information content (AvgIpc) is 2.48. The number of nitrogens with zero attached hydrogens (tertiary/aromatic N) is 1. The summed E-state index contributed by atoms with van der Waals surface area (Å²) >= 11 is -0.0486. The molecule has 4 heteroatoms. The zero-order chi connectivity index (χ0) is 13.7. The minimum Gasteiger partial charge on any atom is -0.270 e. The summed E-state index contributed by atoms with van der Waals surface area (Å²) in [5, 5.41) is 0. The highest BCUT2D eigenvalue weighted by molar-refractivity contribution is 7.55. The summed E-state index contributed by atoms with van der Waals surface area (Å²) < 4.78 is 14.1. The lowest BCUT2D eigenvalue weighted by atomic mass is 9.76. The van der Waals surface area contributed by atoms with E-state index in [4.69, 9.17) is 0 Å². The van der Waals surface area contributed by atoms with Crippen LogP contribution in [0, 0.1) is 0 Å². The number of rotatable bonds is 3. The second kappa shape index (κ2) is 5.71. The van der Waals surface area contributed by atoms with Crippen LogP contribution >= 0.6 is 0 Å². The molecule has 96 valence electrons. The maximum atomic E-state index is 12.3. The Morgan fingerprint density at radius 3 is 1.74 bits per heavy atom. The van der Waals surface area contributed by atoms with Crippen molar-refractivity contribution in [1.82, 2.24) is 0 Å². The standard InChI is InChI=1S/C15H13NO2S/c1-15(14(17)16-19-18,12-8-4-2-5-9-12)13-10-6-3-7-11-13/h2-11H,1H3. The molecule has 0 bridgehead atoms. The second-order valence-electron chi connectivity index (χ2n) is 4.33. The number of carbonyl (C=O) groups is 1. The van der Waals surface area contributed by atoms with Gasteiger partial charge in [0.1, 0.15) is 0 Å². The summed E-state index contributed by atoms with van der Waals surface area (Å²) in [5.74, 6) is -0.440. The molecule has 0 aliphatic rings. The molecule has 3 nitrogen and oxygen atoms in total. The predicted molar refractivity (Wildman–Crippen MR) is 74.9 cm³/mol. The van der Waals surface area contributed by atoms with E-state index in [-0.39, 0.29) is 11.5 Å². The lowest BCUT2D eigenvalue weighted by molar-refractivity contribution is -0.121. The third-order valence-corrected chi connectivity index (χ3v) is 3.49. The molecule has 0 fully saturated rings. The maximum absolute atomic E-state index is 12.3. The smallest absolute Gasteiger partial charge is 0.270 e. The van der Waals surface area contributed by atoms with Crippen LogP contribution in [0.1, 0.15) is 18.1 Å². The lowest BCUT2D eigenvalue weighted by Crippen LogP contribution is -2.32. The van der Waals surface area contributed by atoms with Crippen molar-refractivity contribution in [3.63, 3.8) is 0 Å². The number of amides is 1. The fraction of sp³-hybridized carbons (Fsp3) is 0.133. The minimum atomic E-state index is -0.931. The Labute approximate surface area is 115 Å². The Kier molecular flexibility index (Phi) is 4.02. The van der Waals surface area contributed by atoms with Gasteiger partial charge in [0.25, 0.3) is 5.91 Å². The van der Waals surface area contributed by atoms with Crippen LogP contribution in [0.4, 0.5) is 0 Å². The maximum Gasteiger partial charge on any atom is 0.273 e. The van der Waals surface area contributed by atoms with Gasteiger partial charge in [0.2, 0.25) is 11.5 Å². The van der Waals surface area contributed by atoms with E-state index in [1.807, 2.05) is 60.7 Å². The SMILES string of the molecule is CC(C(=O)N=S=O)(c1ccccc1)c1ccccc1. The summed E-state index contributed by atoms with van der Waals surface area (Å²) in [7, 11) is 0. The van der Waals surface area contributed by atoms with Gasteiger partial charge in [0, 0.05) is 0 Å². The lowest BCUT2D eigenvalue weighted by Gasteiger charge is -2.26. The van der Waals surface area contributed by atoms with E-state index in [1.54, 1.807) is 6.92 Å². The van der Waals surface area contributed by atoms with Crippen LogP contribution in [0.2, 0.25) is 0 Å². The van der Waals surface area contributed by atoms with Gasteiger partial charge >= 0.3 is 0 Å². The molecule has 0 aliphatic carbocycles. The molecule has 2 aromatic carbocycles. The summed E-state index contributed by atoms with van der Waals surface area (Å²) in [6.07, 6.45) is 0. The van der Waals surface area contributed by atoms with Crippen LogP contribution in [-0.2, 0) is 21.7 Å². The van der Waals surface area contributed by atoms with E-state index in [9.17, 15) is 9.00 Å². The first-order valence-electron chi connectivity index (χ1n) is 5.85. The second-order valence-corrected chi connectivity index (χ2v) is 4.66. The molecule has 0 radical (unpaired) electrons. The van der Waals surface area contributed by atoms with Gasteiger partial charge in [0.05, 0.1) is 5.41 Å². The van der Waals surface area contributed by atoms with Gasteiger partial charge in [-0.15, -0.1) is 4.36 Å². The van der Waals surface area contributed by atoms with Crippen molar-refractivity contribution in [3.05, 3.63) is 71.8 Å². The van der Waals surface area contributed by atoms with Crippen LogP contribution in [0.5, 0.6) is 0 Å². The van der Waals surface area contributed by atoms with Crippen molar-refractivity contribution in [3.8, 4) is 0 Å². The molecule has 0 heterocycles. The third-order valence-electron chi connectivity index (χ3n) is 3.25. The van der Waals surface area contributed by atoms with Crippen molar-refractivity contribution in [2.75, 3.05) is 0 Å². The molecule has 0 aromatic heterocycles. The Bertz CT molecular complexity index is 580. The average molecular weight is 271 g/mol. The van der Waals surface area contributed by atoms with Crippen LogP contribution < -0.4 is 0 Å². The van der Waals surface area contributed by atoms with Crippen LogP contribution in [0.25, 0.3) is 0 Å². The number of carbonyl (C=O) groups excluding carboxylic acids is 1. The molecule has 0 spiro atoms. The van der Waals surface area contributed by atoms with E-state index >= 15 is 0 Å². The summed E-state index contributed by atoms with van der Waals surface area (Å²) in [6.45, 7) is 1.79. The van der Waals surface area contributed by atoms with Gasteiger partial charge in [-0.25, -0.2) is 0 Å². The van der Waals surface area contributed by atoms with Crippen molar-refractivity contribution >= 4 is 17.4 Å². The van der Waals surface area contributed by atoms with Gasteiger partial charge in [-0.3, -0.25) is 4.79 Å². The van der Waals surface area contributed by atoms with Crippen molar-refractivity contribution in [2.45, 2.75) is 12.3 Å². The highest BCUT2D eigenvalue weighted by Crippen LogP contribution is 2.33. The van der Waals surface area contributed by atoms with E-state index in [0.29, 0.717) is 0 Å². The molecule has 0 atom stereocenters. The molecule has 2 aromatic rings. The van der Waals surface area contributed by atoms with Gasteiger partial charge in [-0.05, 0) is 18.1 Å². The molecule has 0 aliphatic heterocycles. The zero-order valence-electron chi connectivity index (χ0n) is 10.4. The molecule has 0 saturated carbocycles. The monoisotopic (exact) mass is 271 g/mol. The molecule has 19 heavy (non-hydrogen) atoms. The number of hydrogen-bond donors (Lipinski definition) is 0. The molecule has 2 rings (SSSR count). The van der Waals surface area contributed by atoms with Gasteiger partial charge in [-0.1, -0.05) is 60.7 Å². The van der Waals surface area contributed by atoms with Gasteiger partial charge < -0.3 is 0 Å². The van der Waals surface area contributed by atoms with Crippen LogP contribution in [0.15, 0.2) is 65.0 Å². The molecule has 1 amide bonds. The quantitative estimate of drug-likeness (QED) is 0.861. The molecule has 0 N–H and O–H groups in total. The van der Waals surface area contributed by atoms with Crippen molar-refractivity contribution in [1.29, 1.82) is 0 Å². The predicted octanol–water partition coefficient (Wildman–Crippen LogP) is 2.92. The van der Waals surface area contributed by atoms with Gasteiger partial charge in [0.15, 0.2) is 0 Å². The first-order valence-corrected chi connectivity index (χ1v) is 6.55. The number of benzene rings is 2. The minimum absolute atomic E-state index is 0.0486. The summed E-state index contributed by atoms with van der Waals surface area (Å²) in [4.78, 5) is 12.3. The fourth-order valence-electron chi connectivity index (χ4n) is 2.08. The summed E-state index contributed by atoms with van der Waals surface area (Å²) in [5.41, 5.74) is 0.716. The Morgan fingerprint density at radius 2 is 1.37 bits per heavy atom. The Hall–Kier alpha value is -2.07. The molecule has 0 unspecified atom stereocenters. The van der Waals surface area contributed by atoms with Crippen molar-refractivity contribution < 1.29 is 9.00 Å². The van der Waals surface area contributed by atoms with Gasteiger partial charge in [-0.2, -0.15) is 4.21 Å². The topological polar surface area (TPSA) is 46.5 Å². The third kappa shape index (κ3) is 2.53. The molecular weight excluding hydrogens is 258 g/mol. The van der Waals surface area contributed by atoms with Crippen LogP contribution in [0.3, 0.4) is 0 Å². The molecular formula is C15H13NO2S. The summed E-state index contributed by atoms with van der Waals surface area (Å²) in [6, 6.07) is 18.7. The highest BCUT2D eigenvalue weighted by atomic mass is 32.1. The van der Waals surface area contributed by atoms with Crippen molar-refractivity contribution in [2.24, 2.45) is 4.36 Å². The fourth-order valence-corrected chi connectivity index (χ4v) is 2.33. The Morgan fingerprint density at radius 1 is 0.947 bits per heavy atom.